The predicted octanol–water partition coefficient (Wildman–Crippen LogP) is 2.34. The van der Waals surface area contributed by atoms with Crippen LogP contribution in [0.15, 0.2) is 24.3 Å². The van der Waals surface area contributed by atoms with Gasteiger partial charge in [0.05, 0.1) is 11.7 Å². The van der Waals surface area contributed by atoms with Crippen molar-refractivity contribution < 1.29 is 9.53 Å². The molecule has 0 spiro atoms. The van der Waals surface area contributed by atoms with Gasteiger partial charge in [-0.25, -0.2) is 0 Å². The quantitative estimate of drug-likeness (QED) is 0.907. The van der Waals surface area contributed by atoms with Crippen LogP contribution in [0, 0.1) is 0 Å². The number of aromatic amines is 1. The molecule has 1 unspecified atom stereocenters. The van der Waals surface area contributed by atoms with Crippen LogP contribution in [0.3, 0.4) is 0 Å². The first-order valence-electron chi connectivity index (χ1n) is 8.84. The Morgan fingerprint density at radius 1 is 1.29 bits per heavy atom. The van der Waals surface area contributed by atoms with E-state index in [1.807, 2.05) is 18.2 Å². The molecule has 0 bridgehead atoms. The Kier molecular flexibility index (Phi) is 4.24. The third kappa shape index (κ3) is 3.16. The van der Waals surface area contributed by atoms with E-state index in [2.05, 4.69) is 21.6 Å². The Bertz CT molecular complexity index is 738. The zero-order valence-electron chi connectivity index (χ0n) is 13.8. The van der Waals surface area contributed by atoms with Crippen molar-refractivity contribution in [3.05, 3.63) is 46.8 Å². The molecule has 5 heteroatoms. The zero-order chi connectivity index (χ0) is 16.4. The van der Waals surface area contributed by atoms with E-state index in [-0.39, 0.29) is 11.9 Å². The number of carbonyl (C=O) groups excluding carboxylic acids is 1. The number of aryl methyl sites for hydroxylation is 2. The highest BCUT2D eigenvalue weighted by Gasteiger charge is 2.22. The van der Waals surface area contributed by atoms with E-state index in [1.54, 1.807) is 0 Å². The van der Waals surface area contributed by atoms with E-state index in [0.717, 1.165) is 36.3 Å². The van der Waals surface area contributed by atoms with Gasteiger partial charge in [0.15, 0.2) is 0 Å². The molecule has 5 nitrogen and oxygen atoms in total. The Morgan fingerprint density at radius 2 is 2.17 bits per heavy atom. The number of hydrogen-bond acceptors (Lipinski definition) is 3. The van der Waals surface area contributed by atoms with Gasteiger partial charge >= 0.3 is 0 Å². The van der Waals surface area contributed by atoms with E-state index >= 15 is 0 Å². The standard InChI is InChI=1S/C19H23N3O2/c23-19(10-9-17-15-6-2-3-7-16(15)21-22-17)20-14-11-13-5-1-4-8-18(13)24-12-14/h1,4-5,8,14H,2-3,6-7,9-12H2,(H,20,23)(H,21,22). The monoisotopic (exact) mass is 325 g/mol. The summed E-state index contributed by atoms with van der Waals surface area (Å²) in [4.78, 5) is 12.3. The summed E-state index contributed by atoms with van der Waals surface area (Å²) in [5.74, 6) is 1.02. The lowest BCUT2D eigenvalue weighted by molar-refractivity contribution is -0.122. The minimum Gasteiger partial charge on any atom is -0.491 e. The van der Waals surface area contributed by atoms with Gasteiger partial charge in [-0.1, -0.05) is 18.2 Å². The molecule has 2 aromatic rings. The number of rotatable bonds is 4. The van der Waals surface area contributed by atoms with Gasteiger partial charge in [-0.15, -0.1) is 0 Å². The van der Waals surface area contributed by atoms with Crippen LogP contribution in [-0.2, 0) is 30.5 Å². The second-order valence-corrected chi connectivity index (χ2v) is 6.72. The Labute approximate surface area is 141 Å². The highest BCUT2D eigenvalue weighted by molar-refractivity contribution is 5.76. The third-order valence-electron chi connectivity index (χ3n) is 4.97. The summed E-state index contributed by atoms with van der Waals surface area (Å²) in [5, 5.41) is 10.7. The van der Waals surface area contributed by atoms with Crippen LogP contribution in [-0.4, -0.2) is 28.8 Å². The Morgan fingerprint density at radius 3 is 3.12 bits per heavy atom. The lowest BCUT2D eigenvalue weighted by Crippen LogP contribution is -2.42. The van der Waals surface area contributed by atoms with Crippen molar-refractivity contribution in [2.45, 2.75) is 51.0 Å². The maximum Gasteiger partial charge on any atom is 0.220 e. The van der Waals surface area contributed by atoms with Gasteiger partial charge in [-0.05, 0) is 49.3 Å². The van der Waals surface area contributed by atoms with Gasteiger partial charge in [0, 0.05) is 18.5 Å². The number of fused-ring (bicyclic) bond motifs is 2. The number of amides is 1. The average molecular weight is 325 g/mol. The number of nitrogens with zero attached hydrogens (tertiary/aromatic N) is 1. The van der Waals surface area contributed by atoms with Crippen LogP contribution in [0.1, 0.15) is 41.8 Å². The van der Waals surface area contributed by atoms with Gasteiger partial charge in [0.2, 0.25) is 5.91 Å². The summed E-state index contributed by atoms with van der Waals surface area (Å²) in [6.45, 7) is 0.542. The molecule has 2 N–H and O–H groups in total. The lowest BCUT2D eigenvalue weighted by Gasteiger charge is -2.26. The topological polar surface area (TPSA) is 67.0 Å². The minimum absolute atomic E-state index is 0.0560. The van der Waals surface area contributed by atoms with Gasteiger partial charge in [0.1, 0.15) is 12.4 Å². The lowest BCUT2D eigenvalue weighted by atomic mass is 9.94. The highest BCUT2D eigenvalue weighted by Crippen LogP contribution is 2.24. The number of hydrogen-bond donors (Lipinski definition) is 2. The summed E-state index contributed by atoms with van der Waals surface area (Å²) in [7, 11) is 0. The fourth-order valence-corrected chi connectivity index (χ4v) is 3.71. The van der Waals surface area contributed by atoms with Gasteiger partial charge < -0.3 is 10.1 Å². The van der Waals surface area contributed by atoms with E-state index in [9.17, 15) is 4.79 Å². The molecule has 1 atom stereocenters. The minimum atomic E-state index is 0.0560. The molecule has 1 aromatic carbocycles. The normalized spacial score (nSPS) is 19.1. The van der Waals surface area contributed by atoms with Crippen molar-refractivity contribution >= 4 is 5.91 Å². The molecule has 1 aliphatic heterocycles. The second-order valence-electron chi connectivity index (χ2n) is 6.72. The summed E-state index contributed by atoms with van der Waals surface area (Å²) in [5.41, 5.74) is 4.86. The third-order valence-corrected chi connectivity index (χ3v) is 4.97. The molecule has 2 aliphatic rings. The maximum atomic E-state index is 12.3. The van der Waals surface area contributed by atoms with Crippen LogP contribution in [0.4, 0.5) is 0 Å². The Balaban J connectivity index is 1.31. The largest absolute Gasteiger partial charge is 0.491 e. The second kappa shape index (κ2) is 6.67. The van der Waals surface area contributed by atoms with Gasteiger partial charge in [0.25, 0.3) is 0 Å². The van der Waals surface area contributed by atoms with Crippen LogP contribution in [0.5, 0.6) is 5.75 Å². The Hall–Kier alpha value is -2.30. The molecular formula is C19H23N3O2. The first-order chi connectivity index (χ1) is 11.8. The molecular weight excluding hydrogens is 302 g/mol. The van der Waals surface area contributed by atoms with Crippen molar-refractivity contribution in [2.24, 2.45) is 0 Å². The number of H-pyrrole nitrogens is 1. The number of carbonyl (C=O) groups is 1. The fraction of sp³-hybridized carbons (Fsp3) is 0.474. The molecule has 1 aliphatic carbocycles. The molecule has 0 saturated carbocycles. The van der Waals surface area contributed by atoms with E-state index in [4.69, 9.17) is 4.74 Å². The number of benzene rings is 1. The molecule has 4 rings (SSSR count). The fourth-order valence-electron chi connectivity index (χ4n) is 3.71. The number of para-hydroxylation sites is 1. The summed E-state index contributed by atoms with van der Waals surface area (Å²) < 4.78 is 5.73. The summed E-state index contributed by atoms with van der Waals surface area (Å²) in [6, 6.07) is 8.08. The molecule has 1 aromatic heterocycles. The molecule has 0 saturated heterocycles. The van der Waals surface area contributed by atoms with Crippen LogP contribution >= 0.6 is 0 Å². The first kappa shape index (κ1) is 15.2. The first-order valence-corrected chi connectivity index (χ1v) is 8.84. The van der Waals surface area contributed by atoms with Crippen molar-refractivity contribution in [1.82, 2.24) is 15.5 Å². The van der Waals surface area contributed by atoms with Gasteiger partial charge in [-0.3, -0.25) is 9.89 Å². The molecule has 1 amide bonds. The number of nitrogens with one attached hydrogen (secondary N) is 2. The SMILES string of the molecule is O=C(CCc1n[nH]c2c1CCCC2)NC1COc2ccccc2C1. The van der Waals surface area contributed by atoms with Crippen molar-refractivity contribution in [1.29, 1.82) is 0 Å². The molecule has 2 heterocycles. The van der Waals surface area contributed by atoms with E-state index < -0.39 is 0 Å². The van der Waals surface area contributed by atoms with E-state index in [0.29, 0.717) is 19.4 Å². The summed E-state index contributed by atoms with van der Waals surface area (Å²) in [6.07, 6.45) is 6.67. The van der Waals surface area contributed by atoms with Gasteiger partial charge in [-0.2, -0.15) is 5.10 Å². The number of ether oxygens (including phenoxy) is 1. The molecule has 0 fully saturated rings. The smallest absolute Gasteiger partial charge is 0.220 e. The average Bonchev–Trinajstić information content (AvgIpc) is 3.03. The van der Waals surface area contributed by atoms with Crippen molar-refractivity contribution in [3.63, 3.8) is 0 Å². The van der Waals surface area contributed by atoms with E-state index in [1.165, 1.54) is 24.1 Å². The highest BCUT2D eigenvalue weighted by atomic mass is 16.5. The predicted molar refractivity (Wildman–Crippen MR) is 91.1 cm³/mol. The summed E-state index contributed by atoms with van der Waals surface area (Å²) >= 11 is 0. The molecule has 0 radical (unpaired) electrons. The van der Waals surface area contributed by atoms with Crippen LogP contribution in [0.2, 0.25) is 0 Å². The number of aromatic nitrogens is 2. The van der Waals surface area contributed by atoms with Crippen LogP contribution < -0.4 is 10.1 Å². The maximum absolute atomic E-state index is 12.3. The molecule has 126 valence electrons. The zero-order valence-corrected chi connectivity index (χ0v) is 13.8. The van der Waals surface area contributed by atoms with Crippen molar-refractivity contribution in [2.75, 3.05) is 6.61 Å². The van der Waals surface area contributed by atoms with Crippen molar-refractivity contribution in [3.8, 4) is 5.75 Å². The van der Waals surface area contributed by atoms with Crippen LogP contribution in [0.25, 0.3) is 0 Å². The molecule has 24 heavy (non-hydrogen) atoms.